The average Bonchev–Trinajstić information content (AvgIpc) is 2.34. The molecular formula is C14H17F5O2. The fourth-order valence-corrected chi connectivity index (χ4v) is 1.61. The zero-order valence-corrected chi connectivity index (χ0v) is 11.6. The Morgan fingerprint density at radius 3 is 2.19 bits per heavy atom. The summed E-state index contributed by atoms with van der Waals surface area (Å²) >= 11 is 0. The molecule has 1 unspecified atom stereocenters. The first kappa shape index (κ1) is 17.7. The van der Waals surface area contributed by atoms with Crippen LogP contribution in [-0.2, 0) is 0 Å². The molecule has 2 nitrogen and oxygen atoms in total. The van der Waals surface area contributed by atoms with Crippen molar-refractivity contribution in [1.29, 1.82) is 0 Å². The highest BCUT2D eigenvalue weighted by atomic mass is 19.4. The lowest BCUT2D eigenvalue weighted by Crippen LogP contribution is -2.37. The Kier molecular flexibility index (Phi) is 5.55. The number of aliphatic hydroxyl groups excluding tert-OH is 1. The maximum absolute atomic E-state index is 13.0. The van der Waals surface area contributed by atoms with E-state index in [2.05, 4.69) is 0 Å². The van der Waals surface area contributed by atoms with Crippen molar-refractivity contribution < 1.29 is 31.8 Å². The van der Waals surface area contributed by atoms with Gasteiger partial charge < -0.3 is 9.84 Å². The SMILES string of the molecule is CC(C)COc1ccccc1C(O)CC(F)(F)C(F)(F)F. The Morgan fingerprint density at radius 1 is 1.10 bits per heavy atom. The highest BCUT2D eigenvalue weighted by Crippen LogP contribution is 2.42. The van der Waals surface area contributed by atoms with E-state index in [1.807, 2.05) is 13.8 Å². The molecule has 0 radical (unpaired) electrons. The molecule has 120 valence electrons. The van der Waals surface area contributed by atoms with Gasteiger partial charge in [0.15, 0.2) is 0 Å². The van der Waals surface area contributed by atoms with E-state index in [-0.39, 0.29) is 23.8 Å². The molecule has 0 aromatic heterocycles. The first-order valence-corrected chi connectivity index (χ1v) is 6.39. The van der Waals surface area contributed by atoms with Gasteiger partial charge in [-0.3, -0.25) is 0 Å². The van der Waals surface area contributed by atoms with Crippen molar-refractivity contribution in [2.75, 3.05) is 6.61 Å². The summed E-state index contributed by atoms with van der Waals surface area (Å²) < 4.78 is 67.8. The molecule has 0 saturated heterocycles. The quantitative estimate of drug-likeness (QED) is 0.792. The lowest BCUT2D eigenvalue weighted by Gasteiger charge is -2.23. The minimum Gasteiger partial charge on any atom is -0.493 e. The second kappa shape index (κ2) is 6.60. The van der Waals surface area contributed by atoms with Crippen molar-refractivity contribution in [3.05, 3.63) is 29.8 Å². The van der Waals surface area contributed by atoms with Gasteiger partial charge in [0.1, 0.15) is 5.75 Å². The van der Waals surface area contributed by atoms with Gasteiger partial charge in [-0.05, 0) is 12.0 Å². The Balaban J connectivity index is 2.90. The number of hydrogen-bond acceptors (Lipinski definition) is 2. The number of para-hydroxylation sites is 1. The minimum absolute atomic E-state index is 0.0814. The van der Waals surface area contributed by atoms with Crippen LogP contribution in [0.4, 0.5) is 22.0 Å². The molecule has 21 heavy (non-hydrogen) atoms. The molecule has 1 aromatic carbocycles. The molecule has 0 aliphatic carbocycles. The molecule has 1 aromatic rings. The first-order valence-electron chi connectivity index (χ1n) is 6.39. The van der Waals surface area contributed by atoms with Crippen molar-refractivity contribution in [3.63, 3.8) is 0 Å². The predicted molar refractivity (Wildman–Crippen MR) is 67.4 cm³/mol. The summed E-state index contributed by atoms with van der Waals surface area (Å²) in [5, 5.41) is 9.71. The van der Waals surface area contributed by atoms with E-state index in [4.69, 9.17) is 4.74 Å². The fourth-order valence-electron chi connectivity index (χ4n) is 1.61. The molecule has 0 fully saturated rings. The van der Waals surface area contributed by atoms with Gasteiger partial charge in [-0.2, -0.15) is 22.0 Å². The van der Waals surface area contributed by atoms with Crippen molar-refractivity contribution in [2.45, 2.75) is 38.5 Å². The minimum atomic E-state index is -5.69. The van der Waals surface area contributed by atoms with Crippen LogP contribution in [0.1, 0.15) is 31.9 Å². The van der Waals surface area contributed by atoms with Crippen molar-refractivity contribution >= 4 is 0 Å². The monoisotopic (exact) mass is 312 g/mol. The molecule has 1 rings (SSSR count). The number of benzene rings is 1. The number of hydrogen-bond donors (Lipinski definition) is 1. The predicted octanol–water partition coefficient (Wildman–Crippen LogP) is 4.34. The van der Waals surface area contributed by atoms with Crippen LogP contribution in [0.3, 0.4) is 0 Å². The zero-order valence-electron chi connectivity index (χ0n) is 11.6. The van der Waals surface area contributed by atoms with Gasteiger partial charge in [0, 0.05) is 5.56 Å². The first-order chi connectivity index (χ1) is 9.54. The summed E-state index contributed by atoms with van der Waals surface area (Å²) in [7, 11) is 0. The van der Waals surface area contributed by atoms with E-state index in [0.29, 0.717) is 0 Å². The van der Waals surface area contributed by atoms with Gasteiger partial charge in [-0.15, -0.1) is 0 Å². The molecule has 0 aliphatic heterocycles. The molecule has 0 heterocycles. The van der Waals surface area contributed by atoms with Gasteiger partial charge in [-0.1, -0.05) is 32.0 Å². The molecule has 0 spiro atoms. The maximum atomic E-state index is 13.0. The third-order valence-electron chi connectivity index (χ3n) is 2.71. The molecule has 0 amide bonds. The van der Waals surface area contributed by atoms with Crippen LogP contribution in [0.15, 0.2) is 24.3 Å². The molecule has 0 bridgehead atoms. The summed E-state index contributed by atoms with van der Waals surface area (Å²) in [6, 6.07) is 5.68. The maximum Gasteiger partial charge on any atom is 0.453 e. The Labute approximate surface area is 119 Å². The number of alkyl halides is 5. The van der Waals surface area contributed by atoms with Crippen LogP contribution < -0.4 is 4.74 Å². The molecule has 7 heteroatoms. The smallest absolute Gasteiger partial charge is 0.453 e. The molecule has 1 N–H and O–H groups in total. The van der Waals surface area contributed by atoms with E-state index in [0.717, 1.165) is 0 Å². The summed E-state index contributed by atoms with van der Waals surface area (Å²) in [6.07, 6.45) is -9.40. The Hall–Kier alpha value is -1.37. The van der Waals surface area contributed by atoms with Gasteiger partial charge in [-0.25, -0.2) is 0 Å². The van der Waals surface area contributed by atoms with Crippen LogP contribution in [0.2, 0.25) is 0 Å². The average molecular weight is 312 g/mol. The fraction of sp³-hybridized carbons (Fsp3) is 0.571. The summed E-state index contributed by atoms with van der Waals surface area (Å²) in [5.74, 6) is -4.71. The van der Waals surface area contributed by atoms with Crippen LogP contribution in [-0.4, -0.2) is 23.8 Å². The summed E-state index contributed by atoms with van der Waals surface area (Å²) in [4.78, 5) is 0. The lowest BCUT2D eigenvalue weighted by molar-refractivity contribution is -0.290. The number of halogens is 5. The van der Waals surface area contributed by atoms with Gasteiger partial charge in [0.2, 0.25) is 0 Å². The van der Waals surface area contributed by atoms with Crippen molar-refractivity contribution in [3.8, 4) is 5.75 Å². The largest absolute Gasteiger partial charge is 0.493 e. The molecule has 0 saturated carbocycles. The Bertz CT molecular complexity index is 457. The van der Waals surface area contributed by atoms with E-state index < -0.39 is 24.6 Å². The highest BCUT2D eigenvalue weighted by Gasteiger charge is 2.58. The van der Waals surface area contributed by atoms with Crippen molar-refractivity contribution in [1.82, 2.24) is 0 Å². The van der Waals surface area contributed by atoms with E-state index in [1.54, 1.807) is 6.07 Å². The second-order valence-corrected chi connectivity index (χ2v) is 5.16. The number of rotatable bonds is 6. The summed E-state index contributed by atoms with van der Waals surface area (Å²) in [6.45, 7) is 3.98. The number of aliphatic hydroxyl groups is 1. The Morgan fingerprint density at radius 2 is 1.67 bits per heavy atom. The van der Waals surface area contributed by atoms with E-state index in [1.165, 1.54) is 18.2 Å². The summed E-state index contributed by atoms with van der Waals surface area (Å²) in [5.41, 5.74) is -0.0814. The molecule has 1 atom stereocenters. The van der Waals surface area contributed by atoms with Crippen LogP contribution in [0, 0.1) is 5.92 Å². The lowest BCUT2D eigenvalue weighted by atomic mass is 10.0. The second-order valence-electron chi connectivity index (χ2n) is 5.16. The van der Waals surface area contributed by atoms with Crippen molar-refractivity contribution in [2.24, 2.45) is 5.92 Å². The third-order valence-corrected chi connectivity index (χ3v) is 2.71. The van der Waals surface area contributed by atoms with Crippen LogP contribution in [0.5, 0.6) is 5.75 Å². The van der Waals surface area contributed by atoms with E-state index >= 15 is 0 Å². The van der Waals surface area contributed by atoms with E-state index in [9.17, 15) is 27.1 Å². The highest BCUT2D eigenvalue weighted by molar-refractivity contribution is 5.35. The van der Waals surface area contributed by atoms with Gasteiger partial charge in [0.25, 0.3) is 0 Å². The normalized spacial score (nSPS) is 14.3. The van der Waals surface area contributed by atoms with Gasteiger partial charge >= 0.3 is 12.1 Å². The molecular weight excluding hydrogens is 295 g/mol. The number of ether oxygens (including phenoxy) is 1. The zero-order chi connectivity index (χ0) is 16.3. The van der Waals surface area contributed by atoms with Crippen LogP contribution in [0.25, 0.3) is 0 Å². The van der Waals surface area contributed by atoms with Gasteiger partial charge in [0.05, 0.1) is 19.1 Å². The topological polar surface area (TPSA) is 29.5 Å². The molecule has 0 aliphatic rings. The third kappa shape index (κ3) is 4.84. The van der Waals surface area contributed by atoms with Crippen LogP contribution >= 0.6 is 0 Å². The standard InChI is InChI=1S/C14H17F5O2/c1-9(2)8-21-12-6-4-3-5-10(12)11(20)7-13(15,16)14(17,18)19/h3-6,9,11,20H,7-8H2,1-2H3.